The molecule has 0 aliphatic heterocycles. The Labute approximate surface area is 137 Å². The van der Waals surface area contributed by atoms with Crippen molar-refractivity contribution in [2.75, 3.05) is 13.7 Å². The van der Waals surface area contributed by atoms with Crippen LogP contribution < -0.4 is 5.73 Å². The van der Waals surface area contributed by atoms with E-state index in [1.54, 1.807) is 12.1 Å². The normalized spacial score (nSPS) is 10.7. The lowest BCUT2D eigenvalue weighted by Crippen LogP contribution is -2.05. The standard InChI is InChI=1S/C18H25N3O2/c1-3-4-5-17-20-16(10-11-19)13-21(17)12-14-6-8-15(9-7-14)18(22)23-2/h6-9,13H,3-5,10-12,19H2,1-2H3. The largest absolute Gasteiger partial charge is 0.465 e. The predicted molar refractivity (Wildman–Crippen MR) is 90.5 cm³/mol. The quantitative estimate of drug-likeness (QED) is 0.760. The Morgan fingerprint density at radius 1 is 1.26 bits per heavy atom. The van der Waals surface area contributed by atoms with Gasteiger partial charge in [0.2, 0.25) is 0 Å². The van der Waals surface area contributed by atoms with E-state index in [9.17, 15) is 4.79 Å². The maximum Gasteiger partial charge on any atom is 0.337 e. The van der Waals surface area contributed by atoms with Crippen molar-refractivity contribution < 1.29 is 9.53 Å². The summed E-state index contributed by atoms with van der Waals surface area (Å²) in [6.07, 6.45) is 6.13. The number of benzene rings is 1. The summed E-state index contributed by atoms with van der Waals surface area (Å²) in [6.45, 7) is 3.54. The lowest BCUT2D eigenvalue weighted by Gasteiger charge is -2.08. The van der Waals surface area contributed by atoms with Crippen LogP contribution >= 0.6 is 0 Å². The molecular weight excluding hydrogens is 290 g/mol. The van der Waals surface area contributed by atoms with Crippen LogP contribution in [-0.2, 0) is 24.1 Å². The molecule has 0 aliphatic carbocycles. The number of nitrogens with zero attached hydrogens (tertiary/aromatic N) is 2. The van der Waals surface area contributed by atoms with E-state index in [0.29, 0.717) is 12.1 Å². The highest BCUT2D eigenvalue weighted by Gasteiger charge is 2.09. The highest BCUT2D eigenvalue weighted by Crippen LogP contribution is 2.13. The average Bonchev–Trinajstić information content (AvgIpc) is 2.94. The minimum atomic E-state index is -0.312. The fourth-order valence-electron chi connectivity index (χ4n) is 2.51. The van der Waals surface area contributed by atoms with Crippen molar-refractivity contribution in [2.24, 2.45) is 5.73 Å². The molecule has 0 unspecified atom stereocenters. The first-order chi connectivity index (χ1) is 11.2. The fourth-order valence-corrected chi connectivity index (χ4v) is 2.51. The molecule has 5 heteroatoms. The number of esters is 1. The van der Waals surface area contributed by atoms with Gasteiger partial charge in [-0.1, -0.05) is 25.5 Å². The molecule has 1 heterocycles. The molecule has 0 spiro atoms. The van der Waals surface area contributed by atoms with Crippen LogP contribution in [0.15, 0.2) is 30.5 Å². The van der Waals surface area contributed by atoms with E-state index in [4.69, 9.17) is 15.5 Å². The van der Waals surface area contributed by atoms with Gasteiger partial charge < -0.3 is 15.0 Å². The first kappa shape index (κ1) is 17.2. The smallest absolute Gasteiger partial charge is 0.337 e. The van der Waals surface area contributed by atoms with Crippen molar-refractivity contribution >= 4 is 5.97 Å². The monoisotopic (exact) mass is 315 g/mol. The molecule has 2 N–H and O–H groups in total. The van der Waals surface area contributed by atoms with Gasteiger partial charge in [0.15, 0.2) is 0 Å². The molecule has 0 atom stereocenters. The summed E-state index contributed by atoms with van der Waals surface area (Å²) < 4.78 is 6.91. The van der Waals surface area contributed by atoms with Gasteiger partial charge in [-0.15, -0.1) is 0 Å². The minimum absolute atomic E-state index is 0.312. The summed E-state index contributed by atoms with van der Waals surface area (Å²) in [5.74, 6) is 0.792. The summed E-state index contributed by atoms with van der Waals surface area (Å²) >= 11 is 0. The second-order valence-corrected chi connectivity index (χ2v) is 5.61. The predicted octanol–water partition coefficient (Wildman–Crippen LogP) is 2.56. The number of imidazole rings is 1. The van der Waals surface area contributed by atoms with Crippen molar-refractivity contribution in [3.8, 4) is 0 Å². The van der Waals surface area contributed by atoms with Crippen LogP contribution in [0, 0.1) is 0 Å². The zero-order valence-electron chi connectivity index (χ0n) is 13.9. The van der Waals surface area contributed by atoms with Crippen molar-refractivity contribution in [3.05, 3.63) is 53.1 Å². The molecule has 1 aromatic heterocycles. The van der Waals surface area contributed by atoms with Gasteiger partial charge in [-0.3, -0.25) is 0 Å². The number of nitrogens with two attached hydrogens (primary N) is 1. The Morgan fingerprint density at radius 3 is 2.61 bits per heavy atom. The van der Waals surface area contributed by atoms with Crippen molar-refractivity contribution in [1.29, 1.82) is 0 Å². The lowest BCUT2D eigenvalue weighted by atomic mass is 10.1. The second-order valence-electron chi connectivity index (χ2n) is 5.61. The van der Waals surface area contributed by atoms with Gasteiger partial charge in [0.05, 0.1) is 18.4 Å². The van der Waals surface area contributed by atoms with Gasteiger partial charge in [-0.2, -0.15) is 0 Å². The summed E-state index contributed by atoms with van der Waals surface area (Å²) in [5.41, 5.74) is 8.38. The molecule has 2 aromatic rings. The molecule has 0 saturated carbocycles. The zero-order valence-corrected chi connectivity index (χ0v) is 13.9. The topological polar surface area (TPSA) is 70.1 Å². The first-order valence-corrected chi connectivity index (χ1v) is 8.10. The number of hydrogen-bond acceptors (Lipinski definition) is 4. The maximum atomic E-state index is 11.5. The minimum Gasteiger partial charge on any atom is -0.465 e. The molecule has 124 valence electrons. The second kappa shape index (κ2) is 8.48. The number of aryl methyl sites for hydroxylation is 1. The Balaban J connectivity index is 2.15. The van der Waals surface area contributed by atoms with Gasteiger partial charge in [-0.25, -0.2) is 9.78 Å². The lowest BCUT2D eigenvalue weighted by molar-refractivity contribution is 0.0600. The maximum absolute atomic E-state index is 11.5. The van der Waals surface area contributed by atoms with E-state index in [2.05, 4.69) is 17.7 Å². The number of unbranched alkanes of at least 4 members (excludes halogenated alkanes) is 1. The van der Waals surface area contributed by atoms with E-state index in [1.807, 2.05) is 12.1 Å². The number of carbonyl (C=O) groups is 1. The van der Waals surface area contributed by atoms with Gasteiger partial charge in [0.1, 0.15) is 5.82 Å². The van der Waals surface area contributed by atoms with Gasteiger partial charge in [-0.05, 0) is 30.7 Å². The SMILES string of the molecule is CCCCc1nc(CCN)cn1Cc1ccc(C(=O)OC)cc1. The number of aromatic nitrogens is 2. The Morgan fingerprint density at radius 2 is 2.00 bits per heavy atom. The molecule has 0 fully saturated rings. The van der Waals surface area contributed by atoms with Gasteiger partial charge >= 0.3 is 5.97 Å². The van der Waals surface area contributed by atoms with Gasteiger partial charge in [0, 0.05) is 25.6 Å². The van der Waals surface area contributed by atoms with E-state index in [0.717, 1.165) is 49.3 Å². The number of methoxy groups -OCH3 is 1. The number of carbonyl (C=O) groups excluding carboxylic acids is 1. The highest BCUT2D eigenvalue weighted by molar-refractivity contribution is 5.89. The first-order valence-electron chi connectivity index (χ1n) is 8.10. The van der Waals surface area contributed by atoms with Crippen molar-refractivity contribution in [3.63, 3.8) is 0 Å². The average molecular weight is 315 g/mol. The molecule has 0 amide bonds. The Hall–Kier alpha value is -2.14. The molecule has 1 aromatic carbocycles. The van der Waals surface area contributed by atoms with Crippen LogP contribution in [0.25, 0.3) is 0 Å². The third-order valence-corrected chi connectivity index (χ3v) is 3.79. The third kappa shape index (κ3) is 4.66. The van der Waals surface area contributed by atoms with Crippen molar-refractivity contribution in [2.45, 2.75) is 39.2 Å². The van der Waals surface area contributed by atoms with E-state index >= 15 is 0 Å². The van der Waals surface area contributed by atoms with Gasteiger partial charge in [0.25, 0.3) is 0 Å². The van der Waals surface area contributed by atoms with Crippen LogP contribution in [0.5, 0.6) is 0 Å². The Bertz CT molecular complexity index is 632. The van der Waals surface area contributed by atoms with E-state index in [1.165, 1.54) is 7.11 Å². The fraction of sp³-hybridized carbons (Fsp3) is 0.444. The summed E-state index contributed by atoms with van der Waals surface area (Å²) in [4.78, 5) is 16.2. The van der Waals surface area contributed by atoms with Crippen molar-refractivity contribution in [1.82, 2.24) is 9.55 Å². The number of rotatable bonds is 8. The summed E-state index contributed by atoms with van der Waals surface area (Å²) in [5, 5.41) is 0. The zero-order chi connectivity index (χ0) is 16.7. The third-order valence-electron chi connectivity index (χ3n) is 3.79. The number of ether oxygens (including phenoxy) is 1. The number of hydrogen-bond donors (Lipinski definition) is 1. The van der Waals surface area contributed by atoms with Crippen LogP contribution in [0.1, 0.15) is 47.2 Å². The molecule has 5 nitrogen and oxygen atoms in total. The van der Waals surface area contributed by atoms with E-state index in [-0.39, 0.29) is 5.97 Å². The van der Waals surface area contributed by atoms with Crippen LogP contribution in [-0.4, -0.2) is 29.2 Å². The summed E-state index contributed by atoms with van der Waals surface area (Å²) in [7, 11) is 1.39. The molecule has 0 saturated heterocycles. The molecule has 2 rings (SSSR count). The molecule has 0 bridgehead atoms. The molecule has 0 aliphatic rings. The molecule has 0 radical (unpaired) electrons. The van der Waals surface area contributed by atoms with Crippen LogP contribution in [0.3, 0.4) is 0 Å². The Kier molecular flexibility index (Phi) is 6.35. The van der Waals surface area contributed by atoms with Crippen LogP contribution in [0.2, 0.25) is 0 Å². The summed E-state index contributed by atoms with van der Waals surface area (Å²) in [6, 6.07) is 7.51. The van der Waals surface area contributed by atoms with Crippen LogP contribution in [0.4, 0.5) is 0 Å². The molecule has 23 heavy (non-hydrogen) atoms. The van der Waals surface area contributed by atoms with E-state index < -0.39 is 0 Å². The highest BCUT2D eigenvalue weighted by atomic mass is 16.5. The molecular formula is C18H25N3O2.